The maximum atomic E-state index is 12.8. The van der Waals surface area contributed by atoms with E-state index in [4.69, 9.17) is 11.6 Å². The van der Waals surface area contributed by atoms with Gasteiger partial charge in [-0.15, -0.1) is 11.6 Å². The lowest BCUT2D eigenvalue weighted by atomic mass is 9.40. The number of carbonyl (C=O) groups is 1. The fourth-order valence-electron chi connectivity index (χ4n) is 6.31. The average molecular weight is 298 g/mol. The molecule has 0 spiro atoms. The summed E-state index contributed by atoms with van der Waals surface area (Å²) in [5, 5.41) is 3.21. The SMILES string of the molecule is CC12CC3CC(C)(C1)CC(C(=O)NCCCCCl)(C3)C2. The molecule has 4 bridgehead atoms. The van der Waals surface area contributed by atoms with Crippen LogP contribution in [0.5, 0.6) is 0 Å². The van der Waals surface area contributed by atoms with Crippen molar-refractivity contribution in [2.75, 3.05) is 12.4 Å². The maximum Gasteiger partial charge on any atom is 0.226 e. The standard InChI is InChI=1S/C17H28ClNO/c1-15-7-13-8-16(2,10-15)12-17(9-13,11-15)14(20)19-6-4-3-5-18/h13H,3-12H2,1-2H3,(H,19,20). The molecule has 0 radical (unpaired) electrons. The van der Waals surface area contributed by atoms with Gasteiger partial charge < -0.3 is 5.32 Å². The molecule has 2 unspecified atom stereocenters. The van der Waals surface area contributed by atoms with Crippen molar-refractivity contribution >= 4 is 17.5 Å². The molecule has 20 heavy (non-hydrogen) atoms. The second kappa shape index (κ2) is 4.90. The highest BCUT2D eigenvalue weighted by atomic mass is 35.5. The molecule has 0 aromatic heterocycles. The van der Waals surface area contributed by atoms with Gasteiger partial charge in [-0.25, -0.2) is 0 Å². The van der Waals surface area contributed by atoms with Crippen LogP contribution in [0.4, 0.5) is 0 Å². The van der Waals surface area contributed by atoms with E-state index in [9.17, 15) is 4.79 Å². The van der Waals surface area contributed by atoms with E-state index in [0.29, 0.717) is 22.6 Å². The van der Waals surface area contributed by atoms with Gasteiger partial charge in [0.15, 0.2) is 0 Å². The Morgan fingerprint density at radius 2 is 1.75 bits per heavy atom. The average Bonchev–Trinajstić information content (AvgIpc) is 2.29. The number of carbonyl (C=O) groups excluding carboxylic acids is 1. The molecule has 0 saturated heterocycles. The first kappa shape index (κ1) is 14.7. The molecular formula is C17H28ClNO. The van der Waals surface area contributed by atoms with E-state index in [2.05, 4.69) is 19.2 Å². The van der Waals surface area contributed by atoms with Gasteiger partial charge in [0.2, 0.25) is 5.91 Å². The van der Waals surface area contributed by atoms with E-state index in [1.54, 1.807) is 0 Å². The van der Waals surface area contributed by atoms with Crippen LogP contribution in [-0.4, -0.2) is 18.3 Å². The summed E-state index contributed by atoms with van der Waals surface area (Å²) in [5.74, 6) is 1.82. The second-order valence-electron chi connectivity index (χ2n) is 8.56. The largest absolute Gasteiger partial charge is 0.356 e. The van der Waals surface area contributed by atoms with Gasteiger partial charge in [0.1, 0.15) is 0 Å². The monoisotopic (exact) mass is 297 g/mol. The van der Waals surface area contributed by atoms with Gasteiger partial charge in [0.25, 0.3) is 0 Å². The van der Waals surface area contributed by atoms with E-state index in [1.807, 2.05) is 0 Å². The summed E-state index contributed by atoms with van der Waals surface area (Å²) in [5.41, 5.74) is 0.785. The van der Waals surface area contributed by atoms with Gasteiger partial charge in [-0.05, 0) is 68.1 Å². The zero-order valence-corrected chi connectivity index (χ0v) is 13.7. The van der Waals surface area contributed by atoms with E-state index in [1.165, 1.54) is 19.3 Å². The van der Waals surface area contributed by atoms with Crippen LogP contribution in [0.25, 0.3) is 0 Å². The highest BCUT2D eigenvalue weighted by Crippen LogP contribution is 2.69. The molecule has 0 aromatic carbocycles. The van der Waals surface area contributed by atoms with Crippen molar-refractivity contribution in [3.8, 4) is 0 Å². The predicted molar refractivity (Wildman–Crippen MR) is 82.8 cm³/mol. The molecule has 0 heterocycles. The fraction of sp³-hybridized carbons (Fsp3) is 0.941. The molecular weight excluding hydrogens is 270 g/mol. The molecule has 1 amide bonds. The molecule has 4 aliphatic rings. The molecule has 114 valence electrons. The first-order valence-electron chi connectivity index (χ1n) is 8.23. The smallest absolute Gasteiger partial charge is 0.226 e. The summed E-state index contributed by atoms with van der Waals surface area (Å²) >= 11 is 5.70. The quantitative estimate of drug-likeness (QED) is 0.600. The lowest BCUT2D eigenvalue weighted by Crippen LogP contribution is -2.59. The minimum Gasteiger partial charge on any atom is -0.356 e. The highest BCUT2D eigenvalue weighted by Gasteiger charge is 2.62. The number of hydrogen-bond acceptors (Lipinski definition) is 1. The van der Waals surface area contributed by atoms with Gasteiger partial charge >= 0.3 is 0 Å². The lowest BCUT2D eigenvalue weighted by molar-refractivity contribution is -0.170. The molecule has 3 heteroatoms. The van der Waals surface area contributed by atoms with Crippen LogP contribution >= 0.6 is 11.6 Å². The first-order valence-corrected chi connectivity index (χ1v) is 8.77. The highest BCUT2D eigenvalue weighted by molar-refractivity contribution is 6.17. The van der Waals surface area contributed by atoms with Crippen LogP contribution in [-0.2, 0) is 4.79 Å². The van der Waals surface area contributed by atoms with Crippen molar-refractivity contribution in [2.45, 2.75) is 65.2 Å². The van der Waals surface area contributed by atoms with Crippen LogP contribution in [0.2, 0.25) is 0 Å². The third-order valence-corrected chi connectivity index (χ3v) is 6.22. The summed E-state index contributed by atoms with van der Waals surface area (Å²) in [6.07, 6.45) is 9.40. The maximum absolute atomic E-state index is 12.8. The number of unbranched alkanes of at least 4 members (excludes halogenated alkanes) is 1. The Bertz CT molecular complexity index is 390. The topological polar surface area (TPSA) is 29.1 Å². The van der Waals surface area contributed by atoms with Crippen LogP contribution < -0.4 is 5.32 Å². The fourth-order valence-corrected chi connectivity index (χ4v) is 6.50. The normalized spacial score (nSPS) is 45.6. The Morgan fingerprint density at radius 3 is 2.30 bits per heavy atom. The summed E-state index contributed by atoms with van der Waals surface area (Å²) in [6, 6.07) is 0. The zero-order chi connectivity index (χ0) is 14.4. The Kier molecular flexibility index (Phi) is 3.60. The van der Waals surface area contributed by atoms with Crippen molar-refractivity contribution in [3.05, 3.63) is 0 Å². The summed E-state index contributed by atoms with van der Waals surface area (Å²) < 4.78 is 0. The number of nitrogens with one attached hydrogen (secondary N) is 1. The Morgan fingerprint density at radius 1 is 1.10 bits per heavy atom. The minimum absolute atomic E-state index is 0.0517. The third kappa shape index (κ3) is 2.49. The second-order valence-corrected chi connectivity index (χ2v) is 8.94. The van der Waals surface area contributed by atoms with Gasteiger partial charge in [-0.1, -0.05) is 13.8 Å². The Labute approximate surface area is 128 Å². The van der Waals surface area contributed by atoms with Crippen molar-refractivity contribution < 1.29 is 4.79 Å². The van der Waals surface area contributed by atoms with E-state index in [0.717, 1.165) is 44.6 Å². The summed E-state index contributed by atoms with van der Waals surface area (Å²) in [4.78, 5) is 12.8. The molecule has 2 nitrogen and oxygen atoms in total. The van der Waals surface area contributed by atoms with Gasteiger partial charge in [0, 0.05) is 12.4 Å². The molecule has 4 aliphatic carbocycles. The molecule has 2 atom stereocenters. The van der Waals surface area contributed by atoms with Gasteiger partial charge in [-0.3, -0.25) is 4.79 Å². The van der Waals surface area contributed by atoms with Gasteiger partial charge in [0.05, 0.1) is 5.41 Å². The lowest BCUT2D eigenvalue weighted by Gasteiger charge is -2.64. The van der Waals surface area contributed by atoms with Crippen LogP contribution in [0.15, 0.2) is 0 Å². The van der Waals surface area contributed by atoms with E-state index in [-0.39, 0.29) is 5.41 Å². The Hall–Kier alpha value is -0.240. The molecule has 0 aromatic rings. The first-order chi connectivity index (χ1) is 9.39. The molecule has 0 aliphatic heterocycles. The van der Waals surface area contributed by atoms with Gasteiger partial charge in [-0.2, -0.15) is 0 Å². The molecule has 1 N–H and O–H groups in total. The van der Waals surface area contributed by atoms with Crippen LogP contribution in [0.3, 0.4) is 0 Å². The molecule has 4 saturated carbocycles. The van der Waals surface area contributed by atoms with Crippen molar-refractivity contribution in [2.24, 2.45) is 22.2 Å². The van der Waals surface area contributed by atoms with E-state index >= 15 is 0 Å². The van der Waals surface area contributed by atoms with E-state index < -0.39 is 0 Å². The summed E-state index contributed by atoms with van der Waals surface area (Å²) in [7, 11) is 0. The molecule has 4 fully saturated rings. The third-order valence-electron chi connectivity index (χ3n) is 5.95. The van der Waals surface area contributed by atoms with Crippen LogP contribution in [0.1, 0.15) is 65.2 Å². The Balaban J connectivity index is 1.70. The minimum atomic E-state index is -0.0517. The number of amides is 1. The summed E-state index contributed by atoms with van der Waals surface area (Å²) in [6.45, 7) is 5.64. The zero-order valence-electron chi connectivity index (χ0n) is 12.9. The predicted octanol–water partition coefficient (Wildman–Crippen LogP) is 4.12. The number of halogens is 1. The van der Waals surface area contributed by atoms with Crippen molar-refractivity contribution in [3.63, 3.8) is 0 Å². The number of hydrogen-bond donors (Lipinski definition) is 1. The number of alkyl halides is 1. The molecule has 4 rings (SSSR count). The van der Waals surface area contributed by atoms with Crippen LogP contribution in [0, 0.1) is 22.2 Å². The van der Waals surface area contributed by atoms with Crippen molar-refractivity contribution in [1.29, 1.82) is 0 Å². The van der Waals surface area contributed by atoms with Crippen molar-refractivity contribution in [1.82, 2.24) is 5.32 Å². The number of rotatable bonds is 5.